The lowest BCUT2D eigenvalue weighted by Crippen LogP contribution is -2.38. The summed E-state index contributed by atoms with van der Waals surface area (Å²) < 4.78 is 0. The van der Waals surface area contributed by atoms with Gasteiger partial charge in [-0.3, -0.25) is 9.59 Å². The molecule has 0 bridgehead atoms. The third-order valence-electron chi connectivity index (χ3n) is 3.75. The number of nitrogens with zero attached hydrogens (tertiary/aromatic N) is 2. The fraction of sp³-hybridized carbons (Fsp3) is 0.438. The van der Waals surface area contributed by atoms with E-state index in [1.54, 1.807) is 11.9 Å². The molecule has 0 aliphatic carbocycles. The van der Waals surface area contributed by atoms with Gasteiger partial charge in [-0.25, -0.2) is 4.79 Å². The van der Waals surface area contributed by atoms with Gasteiger partial charge in [0.25, 0.3) is 0 Å². The Kier molecular flexibility index (Phi) is 5.56. The average Bonchev–Trinajstić information content (AvgIpc) is 2.96. The van der Waals surface area contributed by atoms with Crippen molar-refractivity contribution in [2.45, 2.75) is 25.8 Å². The molecule has 1 saturated heterocycles. The number of nitrogens with one attached hydrogen (secondary N) is 1. The summed E-state index contributed by atoms with van der Waals surface area (Å²) in [6.07, 6.45) is 1.36. The summed E-state index contributed by atoms with van der Waals surface area (Å²) in [5.74, 6) is -0.813. The molecular formula is C16H21N3O4. The van der Waals surface area contributed by atoms with Crippen LogP contribution in [0.5, 0.6) is 0 Å². The maximum Gasteiger partial charge on any atom is 0.317 e. The summed E-state index contributed by atoms with van der Waals surface area (Å²) in [6, 6.07) is 7.18. The second-order valence-electron chi connectivity index (χ2n) is 5.54. The molecule has 7 heteroatoms. The van der Waals surface area contributed by atoms with Gasteiger partial charge in [-0.1, -0.05) is 12.1 Å². The van der Waals surface area contributed by atoms with Gasteiger partial charge in [0.2, 0.25) is 5.91 Å². The van der Waals surface area contributed by atoms with Crippen LogP contribution in [0.15, 0.2) is 24.3 Å². The number of rotatable bonds is 6. The average molecular weight is 319 g/mol. The Labute approximate surface area is 134 Å². The number of carbonyl (C=O) groups is 3. The van der Waals surface area contributed by atoms with E-state index in [-0.39, 0.29) is 24.9 Å². The van der Waals surface area contributed by atoms with Crippen molar-refractivity contribution in [3.05, 3.63) is 29.8 Å². The molecule has 0 radical (unpaired) electrons. The van der Waals surface area contributed by atoms with Crippen LogP contribution in [0.1, 0.15) is 24.8 Å². The van der Waals surface area contributed by atoms with Crippen molar-refractivity contribution in [3.63, 3.8) is 0 Å². The minimum Gasteiger partial charge on any atom is -0.481 e. The zero-order valence-corrected chi connectivity index (χ0v) is 13.1. The normalized spacial score (nSPS) is 14.0. The first-order valence-electron chi connectivity index (χ1n) is 7.57. The van der Waals surface area contributed by atoms with Crippen LogP contribution in [0.4, 0.5) is 10.5 Å². The monoisotopic (exact) mass is 319 g/mol. The van der Waals surface area contributed by atoms with Crippen molar-refractivity contribution in [3.8, 4) is 0 Å². The van der Waals surface area contributed by atoms with Crippen LogP contribution < -0.4 is 10.2 Å². The number of carboxylic acid groups (broad SMARTS) is 1. The van der Waals surface area contributed by atoms with E-state index in [1.807, 2.05) is 24.3 Å². The minimum atomic E-state index is -0.937. The van der Waals surface area contributed by atoms with Crippen LogP contribution >= 0.6 is 0 Å². The fourth-order valence-electron chi connectivity index (χ4n) is 2.43. The van der Waals surface area contributed by atoms with E-state index < -0.39 is 5.97 Å². The van der Waals surface area contributed by atoms with Gasteiger partial charge in [0.15, 0.2) is 0 Å². The molecule has 1 heterocycles. The number of benzene rings is 1. The predicted molar refractivity (Wildman–Crippen MR) is 85.1 cm³/mol. The Bertz CT molecular complexity index is 603. The first kappa shape index (κ1) is 16.8. The first-order chi connectivity index (χ1) is 11.0. The highest BCUT2D eigenvalue weighted by atomic mass is 16.4. The number of aliphatic carboxylic acids is 1. The Morgan fingerprint density at radius 2 is 2.17 bits per heavy atom. The van der Waals surface area contributed by atoms with E-state index in [4.69, 9.17) is 5.11 Å². The van der Waals surface area contributed by atoms with Crippen molar-refractivity contribution in [1.29, 1.82) is 0 Å². The summed E-state index contributed by atoms with van der Waals surface area (Å²) in [6.45, 7) is 1.21. The summed E-state index contributed by atoms with van der Waals surface area (Å²) in [4.78, 5) is 37.2. The topological polar surface area (TPSA) is 89.9 Å². The van der Waals surface area contributed by atoms with Gasteiger partial charge in [0.05, 0.1) is 6.42 Å². The van der Waals surface area contributed by atoms with E-state index in [1.165, 1.54) is 4.90 Å². The second-order valence-corrected chi connectivity index (χ2v) is 5.54. The molecular weight excluding hydrogens is 298 g/mol. The maximum absolute atomic E-state index is 11.9. The zero-order chi connectivity index (χ0) is 16.8. The van der Waals surface area contributed by atoms with E-state index in [2.05, 4.69) is 5.32 Å². The lowest BCUT2D eigenvalue weighted by Gasteiger charge is -2.18. The highest BCUT2D eigenvalue weighted by molar-refractivity contribution is 5.95. The molecule has 1 aromatic carbocycles. The Hall–Kier alpha value is -2.57. The third kappa shape index (κ3) is 4.70. The fourth-order valence-corrected chi connectivity index (χ4v) is 2.43. The zero-order valence-electron chi connectivity index (χ0n) is 13.1. The number of urea groups is 1. The lowest BCUT2D eigenvalue weighted by molar-refractivity contribution is -0.137. The molecule has 1 aromatic rings. The van der Waals surface area contributed by atoms with E-state index in [9.17, 15) is 14.4 Å². The number of carbonyl (C=O) groups excluding carboxylic acids is 2. The predicted octanol–water partition coefficient (Wildman–Crippen LogP) is 1.43. The SMILES string of the molecule is CN(CCC(=O)O)C(=O)NCc1cccc(N2CCCC2=O)c1. The van der Waals surface area contributed by atoms with Crippen LogP contribution in [-0.4, -0.2) is 48.1 Å². The molecule has 0 unspecified atom stereocenters. The van der Waals surface area contributed by atoms with Gasteiger partial charge in [0, 0.05) is 38.8 Å². The molecule has 124 valence electrons. The molecule has 1 aliphatic rings. The summed E-state index contributed by atoms with van der Waals surface area (Å²) in [7, 11) is 1.55. The molecule has 7 nitrogen and oxygen atoms in total. The number of hydrogen-bond donors (Lipinski definition) is 2. The van der Waals surface area contributed by atoms with Gasteiger partial charge < -0.3 is 20.2 Å². The van der Waals surface area contributed by atoms with Crippen molar-refractivity contribution in [2.24, 2.45) is 0 Å². The van der Waals surface area contributed by atoms with Gasteiger partial charge >= 0.3 is 12.0 Å². The van der Waals surface area contributed by atoms with Gasteiger partial charge in [-0.05, 0) is 24.1 Å². The smallest absolute Gasteiger partial charge is 0.317 e. The number of anilines is 1. The molecule has 1 fully saturated rings. The second kappa shape index (κ2) is 7.62. The Balaban J connectivity index is 1.89. The Morgan fingerprint density at radius 1 is 1.39 bits per heavy atom. The molecule has 0 aromatic heterocycles. The highest BCUT2D eigenvalue weighted by Crippen LogP contribution is 2.22. The molecule has 0 spiro atoms. The molecule has 2 rings (SSSR count). The number of hydrogen-bond acceptors (Lipinski definition) is 3. The molecule has 2 N–H and O–H groups in total. The summed E-state index contributed by atoms with van der Waals surface area (Å²) in [5, 5.41) is 11.4. The van der Waals surface area contributed by atoms with E-state index in [0.29, 0.717) is 13.0 Å². The summed E-state index contributed by atoms with van der Waals surface area (Å²) >= 11 is 0. The van der Waals surface area contributed by atoms with Crippen LogP contribution in [0.2, 0.25) is 0 Å². The van der Waals surface area contributed by atoms with Crippen molar-refractivity contribution >= 4 is 23.6 Å². The van der Waals surface area contributed by atoms with Crippen LogP contribution in [-0.2, 0) is 16.1 Å². The van der Waals surface area contributed by atoms with Gasteiger partial charge in [0.1, 0.15) is 0 Å². The minimum absolute atomic E-state index is 0.0868. The standard InChI is InChI=1S/C16H21N3O4/c1-18(9-7-15(21)22)16(23)17-11-12-4-2-5-13(10-12)19-8-3-6-14(19)20/h2,4-5,10H,3,6-9,11H2,1H3,(H,17,23)(H,21,22). The number of amides is 3. The lowest BCUT2D eigenvalue weighted by atomic mass is 10.2. The molecule has 23 heavy (non-hydrogen) atoms. The molecule has 1 aliphatic heterocycles. The largest absolute Gasteiger partial charge is 0.481 e. The van der Waals surface area contributed by atoms with Crippen molar-refractivity contribution in [1.82, 2.24) is 10.2 Å². The molecule has 0 atom stereocenters. The Morgan fingerprint density at radius 3 is 2.83 bits per heavy atom. The molecule has 3 amide bonds. The van der Waals surface area contributed by atoms with Gasteiger partial charge in [-0.2, -0.15) is 0 Å². The highest BCUT2D eigenvalue weighted by Gasteiger charge is 2.21. The third-order valence-corrected chi connectivity index (χ3v) is 3.75. The molecule has 0 saturated carbocycles. The van der Waals surface area contributed by atoms with Gasteiger partial charge in [-0.15, -0.1) is 0 Å². The van der Waals surface area contributed by atoms with Crippen molar-refractivity contribution in [2.75, 3.05) is 25.0 Å². The van der Waals surface area contributed by atoms with Crippen LogP contribution in [0, 0.1) is 0 Å². The van der Waals surface area contributed by atoms with Crippen LogP contribution in [0.3, 0.4) is 0 Å². The van der Waals surface area contributed by atoms with Crippen molar-refractivity contribution < 1.29 is 19.5 Å². The summed E-state index contributed by atoms with van der Waals surface area (Å²) in [5.41, 5.74) is 1.74. The van der Waals surface area contributed by atoms with E-state index >= 15 is 0 Å². The quantitative estimate of drug-likeness (QED) is 0.830. The van der Waals surface area contributed by atoms with E-state index in [0.717, 1.165) is 24.2 Å². The first-order valence-corrected chi connectivity index (χ1v) is 7.57. The number of carboxylic acids is 1. The van der Waals surface area contributed by atoms with Crippen LogP contribution in [0.25, 0.3) is 0 Å². The maximum atomic E-state index is 11.9.